The van der Waals surface area contributed by atoms with Gasteiger partial charge in [-0.15, -0.1) is 0 Å². The van der Waals surface area contributed by atoms with Crippen LogP contribution in [0, 0.1) is 0 Å². The van der Waals surface area contributed by atoms with Gasteiger partial charge < -0.3 is 9.13 Å². The summed E-state index contributed by atoms with van der Waals surface area (Å²) in [6.07, 6.45) is 12.8. The van der Waals surface area contributed by atoms with Gasteiger partial charge in [-0.3, -0.25) is 0 Å². The van der Waals surface area contributed by atoms with E-state index in [1.54, 1.807) is 0 Å². The molecule has 0 aliphatic rings. The molecule has 0 aliphatic carbocycles. The predicted molar refractivity (Wildman–Crippen MR) is 334 cm³/mol. The minimum atomic E-state index is -0.0460. The molecule has 9 aromatic carbocycles. The van der Waals surface area contributed by atoms with Gasteiger partial charge in [-0.2, -0.15) is 0 Å². The minimum absolute atomic E-state index is 0.0460. The molecular formula is C70H60N6OSSe. The van der Waals surface area contributed by atoms with Crippen molar-refractivity contribution in [1.82, 2.24) is 22.9 Å². The number of hydrogen-bond donors (Lipinski definition) is 0. The van der Waals surface area contributed by atoms with E-state index in [2.05, 4.69) is 198 Å². The second-order valence-corrected chi connectivity index (χ2v) is 23.5. The number of nitrogens with zero attached hydrogens (tertiary/aromatic N) is 6. The molecule has 0 saturated heterocycles. The summed E-state index contributed by atoms with van der Waals surface area (Å²) in [6, 6.07) is 70.9. The van der Waals surface area contributed by atoms with E-state index < -0.39 is 0 Å². The third kappa shape index (κ3) is 9.71. The second-order valence-electron chi connectivity index (χ2n) is 20.8. The molecule has 0 fully saturated rings. The summed E-state index contributed by atoms with van der Waals surface area (Å²) < 4.78 is 16.8. The average Bonchev–Trinajstić information content (AvgIpc) is 4.50. The normalized spacial score (nSPS) is 11.7. The molecule has 7 nitrogen and oxygen atoms in total. The van der Waals surface area contributed by atoms with Crippen LogP contribution in [-0.2, 0) is 13.1 Å². The van der Waals surface area contributed by atoms with Crippen molar-refractivity contribution >= 4 is 104 Å². The number of unbranched alkanes of at least 4 members (excludes halogenated alkanes) is 6. The zero-order chi connectivity index (χ0) is 53.2. The molecule has 0 N–H and O–H groups in total. The molecule has 0 saturated carbocycles. The first-order valence-electron chi connectivity index (χ1n) is 28.0. The number of rotatable bonds is 19. The molecule has 9 heteroatoms. The predicted octanol–water partition coefficient (Wildman–Crippen LogP) is 19.1. The van der Waals surface area contributed by atoms with Gasteiger partial charge in [0.05, 0.1) is 0 Å². The first-order chi connectivity index (χ1) is 39.0. The Hall–Kier alpha value is -8.20. The van der Waals surface area contributed by atoms with Crippen LogP contribution < -0.4 is 4.90 Å². The SMILES string of the molecule is CCCCCCn1c2ccccc2c2cc(-c3ccc(N(c4ccc(-c5ccc6c(c5)c5ccccc5n6CCCCCC)cc4)c4ccc(-c5cnc(-c6ccc(-c7ccc(C=O)cc7)c7nsnc67)[se]5)cc4)cc3)ccc21. The summed E-state index contributed by atoms with van der Waals surface area (Å²) in [5, 5.41) is 5.25. The monoisotopic (exact) mass is 1110 g/mol. The van der Waals surface area contributed by atoms with Crippen molar-refractivity contribution in [2.75, 3.05) is 4.90 Å². The van der Waals surface area contributed by atoms with Crippen molar-refractivity contribution in [2.45, 2.75) is 78.3 Å². The van der Waals surface area contributed by atoms with Crippen LogP contribution in [0.2, 0.25) is 0 Å². The van der Waals surface area contributed by atoms with Crippen molar-refractivity contribution in [3.8, 4) is 53.5 Å². The summed E-state index contributed by atoms with van der Waals surface area (Å²) in [7, 11) is 0. The summed E-state index contributed by atoms with van der Waals surface area (Å²) in [6.45, 7) is 6.63. The Bertz CT molecular complexity index is 4130. The van der Waals surface area contributed by atoms with Gasteiger partial charge in [0.2, 0.25) is 0 Å². The first-order valence-corrected chi connectivity index (χ1v) is 30.4. The quantitative estimate of drug-likeness (QED) is 0.0458. The third-order valence-electron chi connectivity index (χ3n) is 15.9. The summed E-state index contributed by atoms with van der Waals surface area (Å²) in [5.74, 6) is 0. The maximum absolute atomic E-state index is 11.3. The molecule has 79 heavy (non-hydrogen) atoms. The number of aromatic nitrogens is 5. The van der Waals surface area contributed by atoms with E-state index >= 15 is 0 Å². The number of para-hydroxylation sites is 2. The fraction of sp³-hybridized carbons (Fsp3) is 0.171. The zero-order valence-corrected chi connectivity index (χ0v) is 47.1. The van der Waals surface area contributed by atoms with Gasteiger partial charge in [-0.25, -0.2) is 0 Å². The third-order valence-corrected chi connectivity index (χ3v) is 18.6. The van der Waals surface area contributed by atoms with Crippen LogP contribution in [0.1, 0.15) is 75.6 Å². The number of anilines is 3. The molecule has 13 rings (SSSR count). The summed E-state index contributed by atoms with van der Waals surface area (Å²) in [5.41, 5.74) is 19.8. The Labute approximate surface area is 471 Å². The smallest absolute Gasteiger partial charge is 0.0371 e. The van der Waals surface area contributed by atoms with E-state index in [0.717, 1.165) is 74.3 Å². The molecule has 13 aromatic rings. The maximum atomic E-state index is 11.3. The molecule has 0 bridgehead atoms. The Kier molecular flexibility index (Phi) is 14.2. The van der Waals surface area contributed by atoms with Crippen molar-refractivity contribution in [3.05, 3.63) is 206 Å². The van der Waals surface area contributed by atoms with Crippen molar-refractivity contribution in [3.63, 3.8) is 0 Å². The number of carbonyl (C=O) groups excluding carboxylic acids is 1. The molecular weight excluding hydrogens is 1050 g/mol. The minimum Gasteiger partial charge on any atom is -0.0371 e. The molecule has 0 spiro atoms. The van der Waals surface area contributed by atoms with Gasteiger partial charge in [-0.1, -0.05) is 88.8 Å². The molecule has 0 atom stereocenters. The molecule has 0 radical (unpaired) electrons. The number of benzene rings is 9. The Balaban J connectivity index is 0.830. The Morgan fingerprint density at radius 2 is 0.911 bits per heavy atom. The summed E-state index contributed by atoms with van der Waals surface area (Å²) in [4.78, 5) is 18.7. The number of hydrogen-bond acceptors (Lipinski definition) is 6. The summed E-state index contributed by atoms with van der Waals surface area (Å²) >= 11 is 1.17. The van der Waals surface area contributed by atoms with E-state index in [4.69, 9.17) is 13.7 Å². The molecule has 0 aliphatic heterocycles. The molecule has 4 heterocycles. The fourth-order valence-electron chi connectivity index (χ4n) is 11.7. The zero-order valence-electron chi connectivity index (χ0n) is 44.6. The molecule has 4 aromatic heterocycles. The van der Waals surface area contributed by atoms with Crippen LogP contribution in [-0.4, -0.2) is 43.7 Å². The molecule has 0 amide bonds. The van der Waals surface area contributed by atoms with Crippen LogP contribution in [0.5, 0.6) is 0 Å². The number of aldehydes is 1. The van der Waals surface area contributed by atoms with E-state index in [1.165, 1.54) is 133 Å². The fourth-order valence-corrected chi connectivity index (χ4v) is 14.3. The number of aryl methyl sites for hydroxylation is 2. The number of carbonyl (C=O) groups is 1. The Morgan fingerprint density at radius 3 is 1.43 bits per heavy atom. The van der Waals surface area contributed by atoms with Gasteiger partial charge in [-0.05, 0) is 37.1 Å². The van der Waals surface area contributed by atoms with Crippen molar-refractivity contribution < 1.29 is 4.79 Å². The van der Waals surface area contributed by atoms with Gasteiger partial charge in [0, 0.05) is 56.7 Å². The number of fused-ring (bicyclic) bond motifs is 7. The average molecular weight is 1110 g/mol. The standard InChI is InChI=1S/C70H60N6OSSe/c1-3-5-7-13-41-74-63-17-11-9-15-58(63)61-43-52(29-39-65(61)74)48-23-31-54(32-24-48)76(55-33-25-49(26-34-55)53-30-40-66-62(44-53)59-16-10-12-18-64(59)75(66)42-14-8-6-4-2)56-35-27-51(28-36-56)67-45-71-70(79-67)60-38-37-57(68-69(60)73-78-72-68)50-21-19-47(46-77)20-22-50/h9-12,15-40,43-46H,3-8,13-14,41-42H2,1-2H3. The van der Waals surface area contributed by atoms with E-state index in [0.29, 0.717) is 5.56 Å². The van der Waals surface area contributed by atoms with Crippen LogP contribution in [0.3, 0.4) is 0 Å². The van der Waals surface area contributed by atoms with Gasteiger partial charge in [0.15, 0.2) is 0 Å². The van der Waals surface area contributed by atoms with E-state index in [9.17, 15) is 4.79 Å². The van der Waals surface area contributed by atoms with Crippen molar-refractivity contribution in [2.24, 2.45) is 0 Å². The van der Waals surface area contributed by atoms with Gasteiger partial charge in [0.1, 0.15) is 0 Å². The Morgan fingerprint density at radius 1 is 0.456 bits per heavy atom. The molecule has 0 unspecified atom stereocenters. The van der Waals surface area contributed by atoms with E-state index in [1.807, 2.05) is 30.5 Å². The first kappa shape index (κ1) is 50.3. The topological polar surface area (TPSA) is 68.8 Å². The van der Waals surface area contributed by atoms with Gasteiger partial charge >= 0.3 is 283 Å². The van der Waals surface area contributed by atoms with Crippen LogP contribution in [0.4, 0.5) is 17.1 Å². The molecule has 388 valence electrons. The van der Waals surface area contributed by atoms with Gasteiger partial charge in [0.25, 0.3) is 0 Å². The van der Waals surface area contributed by atoms with Crippen LogP contribution in [0.25, 0.3) is 108 Å². The second kappa shape index (κ2) is 22.3. The van der Waals surface area contributed by atoms with Crippen molar-refractivity contribution in [1.29, 1.82) is 0 Å². The van der Waals surface area contributed by atoms with E-state index in [-0.39, 0.29) is 14.5 Å². The van der Waals surface area contributed by atoms with Crippen LogP contribution >= 0.6 is 11.7 Å². The van der Waals surface area contributed by atoms with Crippen LogP contribution in [0.15, 0.2) is 200 Å².